The van der Waals surface area contributed by atoms with Crippen molar-refractivity contribution in [1.82, 2.24) is 0 Å². The van der Waals surface area contributed by atoms with E-state index in [9.17, 15) is 0 Å². The Morgan fingerprint density at radius 1 is 0.750 bits per heavy atom. The van der Waals surface area contributed by atoms with E-state index in [1.165, 1.54) is 21.7 Å². The van der Waals surface area contributed by atoms with Crippen molar-refractivity contribution in [2.24, 2.45) is 0 Å². The summed E-state index contributed by atoms with van der Waals surface area (Å²) in [4.78, 5) is 2.32. The van der Waals surface area contributed by atoms with E-state index in [0.29, 0.717) is 5.56 Å². The van der Waals surface area contributed by atoms with Gasteiger partial charge in [-0.2, -0.15) is 5.26 Å². The average Bonchev–Trinajstić information content (AvgIpc) is 2.63. The van der Waals surface area contributed by atoms with Crippen LogP contribution < -0.4 is 15.3 Å². The van der Waals surface area contributed by atoms with Crippen LogP contribution >= 0.6 is 0 Å². The summed E-state index contributed by atoms with van der Waals surface area (Å²) in [5.41, 5.74) is 4.31. The topological polar surface area (TPSA) is 27.0 Å². The molecular weight excluding hydrogens is 308 g/mol. The van der Waals surface area contributed by atoms with E-state index in [-0.39, 0.29) is 0 Å². The Hall–Kier alpha value is -2.83. The van der Waals surface area contributed by atoms with Crippen LogP contribution in [0.25, 0.3) is 0 Å². The van der Waals surface area contributed by atoms with Gasteiger partial charge in [0.2, 0.25) is 0 Å². The minimum atomic E-state index is -1.72. The SMILES string of the molecule is C[Si]1(C)c2ccccc2N(c2ccc(C#N)cc2)c2ccccc21. The Labute approximate surface area is 143 Å². The number of nitriles is 1. The molecule has 1 aliphatic heterocycles. The maximum atomic E-state index is 9.06. The van der Waals surface area contributed by atoms with Gasteiger partial charge in [0.05, 0.1) is 11.6 Å². The van der Waals surface area contributed by atoms with Crippen molar-refractivity contribution < 1.29 is 0 Å². The summed E-state index contributed by atoms with van der Waals surface area (Å²) in [6.07, 6.45) is 0. The van der Waals surface area contributed by atoms with Crippen molar-refractivity contribution in [3.8, 4) is 6.07 Å². The molecule has 1 aliphatic rings. The zero-order valence-corrected chi connectivity index (χ0v) is 14.8. The second kappa shape index (κ2) is 5.36. The fourth-order valence-corrected chi connectivity index (χ4v) is 6.62. The molecular formula is C21H18N2Si. The van der Waals surface area contributed by atoms with Crippen LogP contribution in [0.3, 0.4) is 0 Å². The summed E-state index contributed by atoms with van der Waals surface area (Å²) < 4.78 is 0. The van der Waals surface area contributed by atoms with E-state index in [0.717, 1.165) is 5.69 Å². The predicted molar refractivity (Wildman–Crippen MR) is 103 cm³/mol. The van der Waals surface area contributed by atoms with E-state index in [1.54, 1.807) is 0 Å². The number of rotatable bonds is 1. The summed E-state index contributed by atoms with van der Waals surface area (Å²) in [5.74, 6) is 0. The van der Waals surface area contributed by atoms with Gasteiger partial charge in [-0.25, -0.2) is 0 Å². The third kappa shape index (κ3) is 2.08. The first-order valence-corrected chi connectivity index (χ1v) is 11.1. The molecule has 3 aromatic carbocycles. The summed E-state index contributed by atoms with van der Waals surface area (Å²) in [6, 6.07) is 27.5. The first kappa shape index (κ1) is 14.7. The second-order valence-corrected chi connectivity index (χ2v) is 11.0. The molecule has 0 fully saturated rings. The maximum absolute atomic E-state index is 9.06. The number of benzene rings is 3. The van der Waals surface area contributed by atoms with E-state index in [1.807, 2.05) is 24.3 Å². The van der Waals surface area contributed by atoms with Crippen molar-refractivity contribution >= 4 is 35.5 Å². The highest BCUT2D eigenvalue weighted by molar-refractivity contribution is 7.02. The predicted octanol–water partition coefficient (Wildman–Crippen LogP) is 4.16. The van der Waals surface area contributed by atoms with Crippen LogP contribution in [-0.4, -0.2) is 8.07 Å². The molecule has 0 radical (unpaired) electrons. The number of para-hydroxylation sites is 2. The van der Waals surface area contributed by atoms with Crippen LogP contribution in [-0.2, 0) is 0 Å². The van der Waals surface area contributed by atoms with Gasteiger partial charge < -0.3 is 4.90 Å². The first-order valence-electron chi connectivity index (χ1n) is 8.12. The van der Waals surface area contributed by atoms with Crippen LogP contribution in [0.15, 0.2) is 72.8 Å². The smallest absolute Gasteiger partial charge is 0.117 e. The first-order chi connectivity index (χ1) is 11.6. The van der Waals surface area contributed by atoms with Crippen LogP contribution in [0.4, 0.5) is 17.1 Å². The highest BCUT2D eigenvalue weighted by atomic mass is 28.3. The largest absolute Gasteiger partial charge is 0.311 e. The molecule has 3 aromatic rings. The number of fused-ring (bicyclic) bond motifs is 2. The Bertz CT molecular complexity index is 903. The minimum Gasteiger partial charge on any atom is -0.311 e. The van der Waals surface area contributed by atoms with E-state index < -0.39 is 8.07 Å². The van der Waals surface area contributed by atoms with Crippen LogP contribution in [0.1, 0.15) is 5.56 Å². The molecule has 0 unspecified atom stereocenters. The molecule has 0 spiro atoms. The third-order valence-corrected chi connectivity index (χ3v) is 8.43. The Morgan fingerprint density at radius 2 is 1.25 bits per heavy atom. The molecule has 2 nitrogen and oxygen atoms in total. The second-order valence-electron chi connectivity index (χ2n) is 6.65. The van der Waals surface area contributed by atoms with Crippen molar-refractivity contribution in [3.63, 3.8) is 0 Å². The Balaban J connectivity index is 1.99. The molecule has 0 amide bonds. The van der Waals surface area contributed by atoms with Crippen molar-refractivity contribution in [1.29, 1.82) is 5.26 Å². The molecule has 24 heavy (non-hydrogen) atoms. The highest BCUT2D eigenvalue weighted by Crippen LogP contribution is 2.37. The molecule has 3 heteroatoms. The van der Waals surface area contributed by atoms with Gasteiger partial charge in [-0.1, -0.05) is 49.5 Å². The lowest BCUT2D eigenvalue weighted by molar-refractivity contribution is 1.28. The lowest BCUT2D eigenvalue weighted by atomic mass is 10.1. The van der Waals surface area contributed by atoms with Gasteiger partial charge in [-0.3, -0.25) is 0 Å². The quantitative estimate of drug-likeness (QED) is 0.628. The van der Waals surface area contributed by atoms with Gasteiger partial charge in [0.1, 0.15) is 8.07 Å². The lowest BCUT2D eigenvalue weighted by Crippen LogP contribution is -2.58. The zero-order chi connectivity index (χ0) is 16.7. The summed E-state index contributed by atoms with van der Waals surface area (Å²) in [5, 5.41) is 12.0. The normalized spacial score (nSPS) is 14.5. The van der Waals surface area contributed by atoms with E-state index >= 15 is 0 Å². The van der Waals surface area contributed by atoms with Gasteiger partial charge in [0.15, 0.2) is 0 Å². The molecule has 0 atom stereocenters. The zero-order valence-electron chi connectivity index (χ0n) is 13.8. The molecule has 116 valence electrons. The number of hydrogen-bond donors (Lipinski definition) is 0. The molecule has 0 aromatic heterocycles. The molecule has 0 aliphatic carbocycles. The molecule has 0 saturated carbocycles. The Kier molecular flexibility index (Phi) is 3.29. The van der Waals surface area contributed by atoms with E-state index in [4.69, 9.17) is 5.26 Å². The van der Waals surface area contributed by atoms with Crippen molar-refractivity contribution in [3.05, 3.63) is 78.4 Å². The summed E-state index contributed by atoms with van der Waals surface area (Å²) >= 11 is 0. The van der Waals surface area contributed by atoms with Gasteiger partial charge in [0.25, 0.3) is 0 Å². The fraction of sp³-hybridized carbons (Fsp3) is 0.0952. The summed E-state index contributed by atoms with van der Waals surface area (Å²) in [7, 11) is -1.72. The highest BCUT2D eigenvalue weighted by Gasteiger charge is 2.37. The van der Waals surface area contributed by atoms with Crippen LogP contribution in [0.5, 0.6) is 0 Å². The molecule has 0 bridgehead atoms. The van der Waals surface area contributed by atoms with Crippen LogP contribution in [0, 0.1) is 11.3 Å². The number of nitrogens with zero attached hydrogens (tertiary/aromatic N) is 2. The van der Waals surface area contributed by atoms with Gasteiger partial charge in [-0.05, 0) is 46.8 Å². The Morgan fingerprint density at radius 3 is 1.75 bits per heavy atom. The van der Waals surface area contributed by atoms with Crippen molar-refractivity contribution in [2.75, 3.05) is 4.90 Å². The molecule has 0 saturated heterocycles. The third-order valence-electron chi connectivity index (χ3n) is 4.89. The van der Waals surface area contributed by atoms with Crippen molar-refractivity contribution in [2.45, 2.75) is 13.1 Å². The summed E-state index contributed by atoms with van der Waals surface area (Å²) in [6.45, 7) is 4.83. The number of hydrogen-bond acceptors (Lipinski definition) is 2. The number of anilines is 3. The van der Waals surface area contributed by atoms with E-state index in [2.05, 4.69) is 72.6 Å². The van der Waals surface area contributed by atoms with Gasteiger partial charge in [-0.15, -0.1) is 0 Å². The molecule has 0 N–H and O–H groups in total. The maximum Gasteiger partial charge on any atom is 0.117 e. The standard InChI is InChI=1S/C21H18N2Si/c1-24(2)20-9-5-3-7-18(20)23(19-8-4-6-10-21(19)24)17-13-11-16(15-22)12-14-17/h3-14H,1-2H3. The van der Waals surface area contributed by atoms with Crippen LogP contribution in [0.2, 0.25) is 13.1 Å². The fourth-order valence-electron chi connectivity index (χ4n) is 3.63. The average molecular weight is 326 g/mol. The van der Waals surface area contributed by atoms with Gasteiger partial charge >= 0.3 is 0 Å². The molecule has 4 rings (SSSR count). The lowest BCUT2D eigenvalue weighted by Gasteiger charge is -2.40. The molecule has 1 heterocycles. The minimum absolute atomic E-state index is 0.687. The monoisotopic (exact) mass is 326 g/mol. The van der Waals surface area contributed by atoms with Gasteiger partial charge in [0, 0.05) is 17.1 Å².